The zero-order valence-electron chi connectivity index (χ0n) is 14.0. The van der Waals surface area contributed by atoms with E-state index in [1.54, 1.807) is 0 Å². The zero-order chi connectivity index (χ0) is 17.4. The van der Waals surface area contributed by atoms with Crippen LogP contribution in [-0.2, 0) is 6.42 Å². The second kappa shape index (κ2) is 7.00. The first-order valence-electron chi connectivity index (χ1n) is 8.52. The molecule has 2 heterocycles. The molecule has 25 heavy (non-hydrogen) atoms. The number of aryl methyl sites for hydroxylation is 1. The third kappa shape index (κ3) is 3.29. The minimum Gasteiger partial charge on any atom is -0.370 e. The Morgan fingerprint density at radius 2 is 2.04 bits per heavy atom. The smallest absolute Gasteiger partial charge is 0.133 e. The first kappa shape index (κ1) is 16.9. The highest BCUT2D eigenvalue weighted by atomic mass is 127. The molecule has 0 saturated carbocycles. The number of halogens is 2. The van der Waals surface area contributed by atoms with Crippen molar-refractivity contribution in [1.29, 1.82) is 0 Å². The van der Waals surface area contributed by atoms with E-state index in [1.165, 1.54) is 27.5 Å². The predicted octanol–water partition coefficient (Wildman–Crippen LogP) is 5.85. The highest BCUT2D eigenvalue weighted by molar-refractivity contribution is 14.1. The van der Waals surface area contributed by atoms with E-state index in [4.69, 9.17) is 16.7 Å². The second-order valence-electron chi connectivity index (χ2n) is 6.42. The van der Waals surface area contributed by atoms with Gasteiger partial charge in [-0.2, -0.15) is 5.10 Å². The molecule has 0 amide bonds. The largest absolute Gasteiger partial charge is 0.370 e. The van der Waals surface area contributed by atoms with Crippen molar-refractivity contribution in [3.63, 3.8) is 0 Å². The summed E-state index contributed by atoms with van der Waals surface area (Å²) in [4.78, 5) is 0. The first-order valence-corrected chi connectivity index (χ1v) is 9.97. The van der Waals surface area contributed by atoms with Gasteiger partial charge in [0.2, 0.25) is 0 Å². The van der Waals surface area contributed by atoms with Gasteiger partial charge >= 0.3 is 0 Å². The monoisotopic (exact) mass is 463 g/mol. The number of benzene rings is 2. The van der Waals surface area contributed by atoms with Crippen LogP contribution in [0.25, 0.3) is 16.9 Å². The van der Waals surface area contributed by atoms with Crippen molar-refractivity contribution in [3.05, 3.63) is 62.2 Å². The van der Waals surface area contributed by atoms with E-state index in [9.17, 15) is 0 Å². The van der Waals surface area contributed by atoms with Crippen LogP contribution in [0.3, 0.4) is 0 Å². The Bertz CT molecular complexity index is 933. The average Bonchev–Trinajstić information content (AvgIpc) is 2.79. The highest BCUT2D eigenvalue weighted by Crippen LogP contribution is 2.35. The van der Waals surface area contributed by atoms with Crippen LogP contribution >= 0.6 is 34.2 Å². The van der Waals surface area contributed by atoms with E-state index in [2.05, 4.69) is 58.2 Å². The van der Waals surface area contributed by atoms with Crippen molar-refractivity contribution >= 4 is 40.0 Å². The molecule has 0 fully saturated rings. The SMILES string of the molecule is Cc1ccc(-n2nc(-c3cccc(I)c3)c3c2NCCCC3)cc1Cl. The van der Waals surface area contributed by atoms with Gasteiger partial charge in [-0.05, 0) is 78.6 Å². The molecule has 0 atom stereocenters. The fourth-order valence-corrected chi connectivity index (χ4v) is 3.99. The molecular weight excluding hydrogens is 445 g/mol. The van der Waals surface area contributed by atoms with Crippen LogP contribution in [0.1, 0.15) is 24.0 Å². The zero-order valence-corrected chi connectivity index (χ0v) is 16.9. The summed E-state index contributed by atoms with van der Waals surface area (Å²) in [6.45, 7) is 3.00. The van der Waals surface area contributed by atoms with Crippen LogP contribution in [-0.4, -0.2) is 16.3 Å². The van der Waals surface area contributed by atoms with Crippen LogP contribution < -0.4 is 5.32 Å². The maximum atomic E-state index is 6.36. The fourth-order valence-electron chi connectivity index (χ4n) is 3.27. The number of nitrogens with zero attached hydrogens (tertiary/aromatic N) is 2. The molecule has 0 spiro atoms. The molecule has 2 aromatic carbocycles. The Morgan fingerprint density at radius 1 is 1.16 bits per heavy atom. The van der Waals surface area contributed by atoms with Crippen LogP contribution in [0.5, 0.6) is 0 Å². The Labute approximate surface area is 166 Å². The van der Waals surface area contributed by atoms with E-state index >= 15 is 0 Å². The molecule has 1 N–H and O–H groups in total. The summed E-state index contributed by atoms with van der Waals surface area (Å²) in [5.74, 6) is 1.10. The van der Waals surface area contributed by atoms with Crippen molar-refractivity contribution in [3.8, 4) is 16.9 Å². The maximum absolute atomic E-state index is 6.36. The van der Waals surface area contributed by atoms with Crippen molar-refractivity contribution < 1.29 is 0 Å². The van der Waals surface area contributed by atoms with E-state index < -0.39 is 0 Å². The number of hydrogen-bond acceptors (Lipinski definition) is 2. The van der Waals surface area contributed by atoms with Gasteiger partial charge < -0.3 is 5.32 Å². The molecule has 0 radical (unpaired) electrons. The number of nitrogens with one attached hydrogen (secondary N) is 1. The van der Waals surface area contributed by atoms with Gasteiger partial charge in [0.25, 0.3) is 0 Å². The molecule has 0 aliphatic carbocycles. The molecule has 4 rings (SSSR count). The average molecular weight is 464 g/mol. The van der Waals surface area contributed by atoms with Crippen molar-refractivity contribution in [2.75, 3.05) is 11.9 Å². The van der Waals surface area contributed by atoms with Crippen molar-refractivity contribution in [2.24, 2.45) is 0 Å². The molecule has 1 aromatic heterocycles. The first-order chi connectivity index (χ1) is 12.1. The Hall–Kier alpha value is -1.53. The third-order valence-corrected chi connectivity index (χ3v) is 5.71. The predicted molar refractivity (Wildman–Crippen MR) is 113 cm³/mol. The molecule has 3 nitrogen and oxygen atoms in total. The molecule has 0 bridgehead atoms. The fraction of sp³-hybridized carbons (Fsp3) is 0.250. The molecule has 128 valence electrons. The second-order valence-corrected chi connectivity index (χ2v) is 8.07. The number of hydrogen-bond donors (Lipinski definition) is 1. The molecule has 5 heteroatoms. The highest BCUT2D eigenvalue weighted by Gasteiger charge is 2.22. The Balaban J connectivity index is 1.91. The van der Waals surface area contributed by atoms with Crippen LogP contribution in [0, 0.1) is 10.5 Å². The topological polar surface area (TPSA) is 29.9 Å². The van der Waals surface area contributed by atoms with Crippen LogP contribution in [0.4, 0.5) is 5.82 Å². The minimum atomic E-state index is 0.770. The lowest BCUT2D eigenvalue weighted by Gasteiger charge is -2.10. The quantitative estimate of drug-likeness (QED) is 0.483. The van der Waals surface area contributed by atoms with Gasteiger partial charge in [0.15, 0.2) is 0 Å². The Kier molecular flexibility index (Phi) is 4.73. The number of anilines is 1. The third-order valence-electron chi connectivity index (χ3n) is 4.63. The molecule has 0 unspecified atom stereocenters. The normalized spacial score (nSPS) is 13.9. The summed E-state index contributed by atoms with van der Waals surface area (Å²) in [5, 5.41) is 9.33. The summed E-state index contributed by atoms with van der Waals surface area (Å²) in [7, 11) is 0. The van der Waals surface area contributed by atoms with E-state index in [-0.39, 0.29) is 0 Å². The van der Waals surface area contributed by atoms with Crippen LogP contribution in [0.2, 0.25) is 5.02 Å². The van der Waals surface area contributed by atoms with Crippen molar-refractivity contribution in [1.82, 2.24) is 9.78 Å². The van der Waals surface area contributed by atoms with Gasteiger partial charge in [-0.25, -0.2) is 4.68 Å². The number of fused-ring (bicyclic) bond motifs is 1. The molecule has 3 aromatic rings. The van der Waals surface area contributed by atoms with Gasteiger partial charge in [0, 0.05) is 26.3 Å². The molecule has 0 saturated heterocycles. The molecule has 1 aliphatic rings. The van der Waals surface area contributed by atoms with E-state index in [1.807, 2.05) is 23.7 Å². The summed E-state index contributed by atoms with van der Waals surface area (Å²) >= 11 is 8.72. The van der Waals surface area contributed by atoms with E-state index in [0.29, 0.717) is 0 Å². The van der Waals surface area contributed by atoms with Crippen LogP contribution in [0.15, 0.2) is 42.5 Å². The number of aromatic nitrogens is 2. The molecule has 1 aliphatic heterocycles. The summed E-state index contributed by atoms with van der Waals surface area (Å²) in [6.07, 6.45) is 3.40. The summed E-state index contributed by atoms with van der Waals surface area (Å²) in [6, 6.07) is 14.7. The molecular formula is C20H19ClIN3. The summed E-state index contributed by atoms with van der Waals surface area (Å²) < 4.78 is 3.24. The minimum absolute atomic E-state index is 0.770. The Morgan fingerprint density at radius 3 is 2.84 bits per heavy atom. The van der Waals surface area contributed by atoms with Gasteiger partial charge in [-0.15, -0.1) is 0 Å². The lowest BCUT2D eigenvalue weighted by molar-refractivity contribution is 0.780. The van der Waals surface area contributed by atoms with Gasteiger partial charge in [0.1, 0.15) is 5.82 Å². The van der Waals surface area contributed by atoms with E-state index in [0.717, 1.165) is 40.8 Å². The van der Waals surface area contributed by atoms with Gasteiger partial charge in [-0.1, -0.05) is 29.8 Å². The number of rotatable bonds is 2. The maximum Gasteiger partial charge on any atom is 0.133 e. The van der Waals surface area contributed by atoms with Gasteiger partial charge in [0.05, 0.1) is 11.4 Å². The summed E-state index contributed by atoms with van der Waals surface area (Å²) in [5.41, 5.74) is 5.62. The van der Waals surface area contributed by atoms with Gasteiger partial charge in [-0.3, -0.25) is 0 Å². The van der Waals surface area contributed by atoms with Crippen molar-refractivity contribution in [2.45, 2.75) is 26.2 Å². The lowest BCUT2D eigenvalue weighted by Crippen LogP contribution is -2.07. The lowest BCUT2D eigenvalue weighted by atomic mass is 10.0. The standard InChI is InChI=1S/C20H19ClIN3/c1-13-8-9-16(12-18(13)21)25-20-17(7-2-3-10-23-20)19(24-25)14-5-4-6-15(22)11-14/h4-6,8-9,11-12,23H,2-3,7,10H2,1H3.